The number of hydrogen-bond acceptors (Lipinski definition) is 4. The Kier molecular flexibility index (Phi) is 7.59. The minimum absolute atomic E-state index is 0.101. The third-order valence-corrected chi connectivity index (χ3v) is 7.10. The molecule has 0 bridgehead atoms. The van der Waals surface area contributed by atoms with Gasteiger partial charge in [-0.25, -0.2) is 4.79 Å². The van der Waals surface area contributed by atoms with Crippen LogP contribution in [0.2, 0.25) is 0 Å². The number of nitrogens with zero attached hydrogens (tertiary/aromatic N) is 1. The highest BCUT2D eigenvalue weighted by molar-refractivity contribution is 9.10. The second kappa shape index (κ2) is 10.5. The van der Waals surface area contributed by atoms with Crippen LogP contribution in [0.15, 0.2) is 59.1 Å². The number of aryl methyl sites for hydroxylation is 1. The van der Waals surface area contributed by atoms with E-state index in [1.165, 1.54) is 0 Å². The zero-order valence-corrected chi connectivity index (χ0v) is 23.1. The fourth-order valence-corrected chi connectivity index (χ4v) is 5.06. The predicted molar refractivity (Wildman–Crippen MR) is 149 cm³/mol. The minimum Gasteiger partial charge on any atom is -0.444 e. The Labute approximate surface area is 221 Å². The first-order valence-corrected chi connectivity index (χ1v) is 13.1. The number of benzene rings is 3. The number of carbonyl (C=O) groups excluding carboxylic acids is 2. The van der Waals surface area contributed by atoms with E-state index in [-0.39, 0.29) is 24.1 Å². The van der Waals surface area contributed by atoms with Crippen molar-refractivity contribution >= 4 is 44.4 Å². The SMILES string of the molecule is Cc1ccc(N[C@@H]2CCN(C(=O)OC(C)(C)C)C2)cc1C(=O)NC(C)c1ccc(Br)c2ccccc12. The molecule has 36 heavy (non-hydrogen) atoms. The quantitative estimate of drug-likeness (QED) is 0.364. The molecule has 1 heterocycles. The van der Waals surface area contributed by atoms with E-state index in [2.05, 4.69) is 44.8 Å². The molecule has 1 aliphatic heterocycles. The van der Waals surface area contributed by atoms with E-state index >= 15 is 0 Å². The van der Waals surface area contributed by atoms with Crippen LogP contribution >= 0.6 is 15.9 Å². The maximum Gasteiger partial charge on any atom is 0.410 e. The predicted octanol–water partition coefficient (Wildman–Crippen LogP) is 6.82. The van der Waals surface area contributed by atoms with E-state index in [1.807, 2.05) is 71.0 Å². The Morgan fingerprint density at radius 3 is 2.53 bits per heavy atom. The van der Waals surface area contributed by atoms with Gasteiger partial charge in [-0.1, -0.05) is 52.3 Å². The van der Waals surface area contributed by atoms with Crippen molar-refractivity contribution in [3.8, 4) is 0 Å². The number of hydrogen-bond donors (Lipinski definition) is 2. The number of anilines is 1. The second-order valence-corrected chi connectivity index (χ2v) is 11.3. The minimum atomic E-state index is -0.512. The molecule has 1 unspecified atom stereocenters. The number of fused-ring (bicyclic) bond motifs is 1. The number of carbonyl (C=O) groups is 2. The number of halogens is 1. The third-order valence-electron chi connectivity index (χ3n) is 6.41. The van der Waals surface area contributed by atoms with Gasteiger partial charge < -0.3 is 20.3 Å². The fourth-order valence-electron chi connectivity index (χ4n) is 4.58. The summed E-state index contributed by atoms with van der Waals surface area (Å²) in [6.45, 7) is 10.8. The van der Waals surface area contributed by atoms with Crippen LogP contribution in [0.4, 0.5) is 10.5 Å². The van der Waals surface area contributed by atoms with Crippen molar-refractivity contribution in [3.05, 3.63) is 75.8 Å². The average Bonchev–Trinajstić information content (AvgIpc) is 3.28. The first-order valence-electron chi connectivity index (χ1n) is 12.3. The normalized spacial score (nSPS) is 16.6. The zero-order chi connectivity index (χ0) is 26.0. The number of likely N-dealkylation sites (tertiary alicyclic amines) is 1. The smallest absolute Gasteiger partial charge is 0.410 e. The lowest BCUT2D eigenvalue weighted by Crippen LogP contribution is -2.36. The van der Waals surface area contributed by atoms with Crippen molar-refractivity contribution < 1.29 is 14.3 Å². The molecule has 3 aromatic rings. The van der Waals surface area contributed by atoms with Crippen LogP contribution < -0.4 is 10.6 Å². The van der Waals surface area contributed by atoms with Crippen LogP contribution in [0.1, 0.15) is 61.6 Å². The Balaban J connectivity index is 1.44. The zero-order valence-electron chi connectivity index (χ0n) is 21.5. The Morgan fingerprint density at radius 1 is 1.08 bits per heavy atom. The summed E-state index contributed by atoms with van der Waals surface area (Å²) in [6.07, 6.45) is 0.535. The molecular weight excluding hydrogens is 518 g/mol. The van der Waals surface area contributed by atoms with Gasteiger partial charge in [0.05, 0.1) is 6.04 Å². The van der Waals surface area contributed by atoms with Gasteiger partial charge in [0.25, 0.3) is 5.91 Å². The van der Waals surface area contributed by atoms with Crippen LogP contribution in [-0.4, -0.2) is 41.6 Å². The highest BCUT2D eigenvalue weighted by Gasteiger charge is 2.30. The highest BCUT2D eigenvalue weighted by atomic mass is 79.9. The van der Waals surface area contributed by atoms with Crippen molar-refractivity contribution in [3.63, 3.8) is 0 Å². The maximum atomic E-state index is 13.3. The number of rotatable bonds is 5. The largest absolute Gasteiger partial charge is 0.444 e. The Hall–Kier alpha value is -3.06. The molecule has 1 fully saturated rings. The van der Waals surface area contributed by atoms with Gasteiger partial charge in [0.15, 0.2) is 0 Å². The fraction of sp³-hybridized carbons (Fsp3) is 0.379. The molecule has 7 heteroatoms. The van der Waals surface area contributed by atoms with Gasteiger partial charge >= 0.3 is 6.09 Å². The van der Waals surface area contributed by atoms with Crippen LogP contribution in [0, 0.1) is 6.92 Å². The van der Waals surface area contributed by atoms with Crippen molar-refractivity contribution in [1.29, 1.82) is 0 Å². The monoisotopic (exact) mass is 551 g/mol. The summed E-state index contributed by atoms with van der Waals surface area (Å²) in [5, 5.41) is 8.90. The topological polar surface area (TPSA) is 70.7 Å². The lowest BCUT2D eigenvalue weighted by Gasteiger charge is -2.24. The molecule has 6 nitrogen and oxygen atoms in total. The van der Waals surface area contributed by atoms with E-state index in [0.29, 0.717) is 18.7 Å². The van der Waals surface area contributed by atoms with Gasteiger partial charge in [0.2, 0.25) is 0 Å². The molecule has 1 aliphatic rings. The van der Waals surface area contributed by atoms with Gasteiger partial charge in [-0.3, -0.25) is 4.79 Å². The lowest BCUT2D eigenvalue weighted by atomic mass is 9.99. The van der Waals surface area contributed by atoms with Crippen molar-refractivity contribution in [2.24, 2.45) is 0 Å². The van der Waals surface area contributed by atoms with Gasteiger partial charge in [0.1, 0.15) is 5.60 Å². The number of amides is 2. The first-order chi connectivity index (χ1) is 17.0. The molecule has 0 saturated carbocycles. The number of ether oxygens (including phenoxy) is 1. The summed E-state index contributed by atoms with van der Waals surface area (Å²) in [4.78, 5) is 27.4. The van der Waals surface area contributed by atoms with Crippen LogP contribution in [0.25, 0.3) is 10.8 Å². The summed E-state index contributed by atoms with van der Waals surface area (Å²) in [5.74, 6) is -0.113. The molecule has 4 rings (SSSR count). The molecular formula is C29H34BrN3O3. The molecule has 0 aliphatic carbocycles. The second-order valence-electron chi connectivity index (χ2n) is 10.5. The van der Waals surface area contributed by atoms with Crippen molar-refractivity contribution in [2.75, 3.05) is 18.4 Å². The van der Waals surface area contributed by atoms with E-state index in [9.17, 15) is 9.59 Å². The molecule has 2 atom stereocenters. The van der Waals surface area contributed by atoms with Gasteiger partial charge in [0, 0.05) is 34.9 Å². The van der Waals surface area contributed by atoms with Crippen molar-refractivity contribution in [1.82, 2.24) is 10.2 Å². The maximum absolute atomic E-state index is 13.3. The molecule has 0 aromatic heterocycles. The summed E-state index contributed by atoms with van der Waals surface area (Å²) >= 11 is 3.62. The molecule has 190 valence electrons. The molecule has 2 amide bonds. The molecule has 0 radical (unpaired) electrons. The van der Waals surface area contributed by atoms with E-state index in [4.69, 9.17) is 4.74 Å². The average molecular weight is 553 g/mol. The molecule has 3 aromatic carbocycles. The van der Waals surface area contributed by atoms with Crippen molar-refractivity contribution in [2.45, 2.75) is 58.7 Å². The summed E-state index contributed by atoms with van der Waals surface area (Å²) in [6, 6.07) is 18.0. The molecule has 2 N–H and O–H groups in total. The van der Waals surface area contributed by atoms with Crippen LogP contribution in [-0.2, 0) is 4.74 Å². The lowest BCUT2D eigenvalue weighted by molar-refractivity contribution is 0.0293. The Morgan fingerprint density at radius 2 is 1.81 bits per heavy atom. The standard InChI is InChI=1S/C29H34BrN3O3/c1-18-10-11-20(32-21-14-15-33(17-21)28(35)36-29(3,4)5)16-25(18)27(34)31-19(2)22-12-13-26(30)24-9-7-6-8-23(22)24/h6-13,16,19,21,32H,14-15,17H2,1-5H3,(H,31,34)/t19?,21-/m1/s1. The Bertz CT molecular complexity index is 1280. The van der Waals surface area contributed by atoms with Gasteiger partial charge in [-0.15, -0.1) is 0 Å². The molecule has 1 saturated heterocycles. The first kappa shape index (κ1) is 26.0. The van der Waals surface area contributed by atoms with E-state index < -0.39 is 5.60 Å². The van der Waals surface area contributed by atoms with Gasteiger partial charge in [-0.2, -0.15) is 0 Å². The molecule has 0 spiro atoms. The van der Waals surface area contributed by atoms with E-state index in [1.54, 1.807) is 4.90 Å². The van der Waals surface area contributed by atoms with E-state index in [0.717, 1.165) is 38.5 Å². The van der Waals surface area contributed by atoms with Crippen LogP contribution in [0.3, 0.4) is 0 Å². The number of nitrogens with one attached hydrogen (secondary N) is 2. The summed E-state index contributed by atoms with van der Waals surface area (Å²) < 4.78 is 6.53. The summed E-state index contributed by atoms with van der Waals surface area (Å²) in [5.41, 5.74) is 2.97. The highest BCUT2D eigenvalue weighted by Crippen LogP contribution is 2.30. The van der Waals surface area contributed by atoms with Gasteiger partial charge in [-0.05, 0) is 81.1 Å². The summed E-state index contributed by atoms with van der Waals surface area (Å²) in [7, 11) is 0. The van der Waals surface area contributed by atoms with Crippen LogP contribution in [0.5, 0.6) is 0 Å². The third kappa shape index (κ3) is 6.01.